The molecule has 0 saturated heterocycles. The maximum atomic E-state index is 12.5. The maximum Gasteiger partial charge on any atom is 0.277 e. The highest BCUT2D eigenvalue weighted by atomic mass is 32.2. The Balaban J connectivity index is 2.20. The standard InChI is InChI=1S/C12H14N4O3S/c1-20(18,19)9-7-13-6-8-11(9)12(17)16(15-8)10-4-2-3-5-14-10/h2-5,9,13,15H,6-7H2,1H3. The van der Waals surface area contributed by atoms with E-state index in [2.05, 4.69) is 15.4 Å². The summed E-state index contributed by atoms with van der Waals surface area (Å²) in [5.74, 6) is 0.444. The van der Waals surface area contributed by atoms with Crippen molar-refractivity contribution in [3.8, 4) is 5.82 Å². The zero-order chi connectivity index (χ0) is 14.3. The van der Waals surface area contributed by atoms with Gasteiger partial charge < -0.3 is 5.32 Å². The van der Waals surface area contributed by atoms with Crippen molar-refractivity contribution in [2.24, 2.45) is 0 Å². The second kappa shape index (κ2) is 4.57. The Morgan fingerprint density at radius 2 is 2.20 bits per heavy atom. The molecule has 1 atom stereocenters. The fourth-order valence-corrected chi connectivity index (χ4v) is 3.50. The first-order valence-electron chi connectivity index (χ1n) is 6.13. The monoisotopic (exact) mass is 294 g/mol. The maximum absolute atomic E-state index is 12.5. The first-order chi connectivity index (χ1) is 9.48. The molecule has 7 nitrogen and oxygen atoms in total. The molecule has 0 saturated carbocycles. The molecule has 0 aliphatic carbocycles. The Morgan fingerprint density at radius 1 is 1.40 bits per heavy atom. The number of aromatic nitrogens is 3. The molecule has 106 valence electrons. The van der Waals surface area contributed by atoms with Crippen LogP contribution in [0.4, 0.5) is 0 Å². The van der Waals surface area contributed by atoms with Crippen LogP contribution in [0.1, 0.15) is 16.5 Å². The molecule has 3 rings (SSSR count). The van der Waals surface area contributed by atoms with E-state index in [1.807, 2.05) is 0 Å². The predicted molar refractivity (Wildman–Crippen MR) is 73.5 cm³/mol. The van der Waals surface area contributed by atoms with Crippen LogP contribution in [-0.4, -0.2) is 36.0 Å². The molecule has 2 aromatic heterocycles. The topological polar surface area (TPSA) is 96.8 Å². The molecule has 20 heavy (non-hydrogen) atoms. The molecule has 2 aromatic rings. The lowest BCUT2D eigenvalue weighted by Gasteiger charge is -2.20. The number of aromatic amines is 1. The second-order valence-corrected chi connectivity index (χ2v) is 7.01. The van der Waals surface area contributed by atoms with Crippen molar-refractivity contribution in [1.82, 2.24) is 20.1 Å². The van der Waals surface area contributed by atoms with Crippen molar-refractivity contribution >= 4 is 9.84 Å². The van der Waals surface area contributed by atoms with Gasteiger partial charge in [0.1, 0.15) is 5.25 Å². The van der Waals surface area contributed by atoms with Gasteiger partial charge in [0.15, 0.2) is 15.7 Å². The lowest BCUT2D eigenvalue weighted by atomic mass is 10.1. The van der Waals surface area contributed by atoms with E-state index in [0.717, 1.165) is 6.26 Å². The third kappa shape index (κ3) is 2.06. The van der Waals surface area contributed by atoms with Crippen molar-refractivity contribution in [3.05, 3.63) is 46.0 Å². The highest BCUT2D eigenvalue weighted by Crippen LogP contribution is 2.24. The van der Waals surface area contributed by atoms with Crippen molar-refractivity contribution in [3.63, 3.8) is 0 Å². The van der Waals surface area contributed by atoms with Crippen LogP contribution in [0.15, 0.2) is 29.2 Å². The predicted octanol–water partition coefficient (Wildman–Crippen LogP) is -0.251. The average molecular weight is 294 g/mol. The molecule has 1 aliphatic heterocycles. The van der Waals surface area contributed by atoms with Gasteiger partial charge in [-0.15, -0.1) is 0 Å². The molecular formula is C12H14N4O3S. The lowest BCUT2D eigenvalue weighted by molar-refractivity contribution is 0.557. The highest BCUT2D eigenvalue weighted by molar-refractivity contribution is 7.91. The number of nitrogens with zero attached hydrogens (tertiary/aromatic N) is 2. The van der Waals surface area contributed by atoms with E-state index in [1.165, 1.54) is 4.68 Å². The average Bonchev–Trinajstić information content (AvgIpc) is 2.76. The molecule has 1 aliphatic rings. The molecule has 3 heterocycles. The number of sulfone groups is 1. The summed E-state index contributed by atoms with van der Waals surface area (Å²) in [6.07, 6.45) is 2.72. The number of fused-ring (bicyclic) bond motifs is 1. The van der Waals surface area contributed by atoms with E-state index in [9.17, 15) is 13.2 Å². The van der Waals surface area contributed by atoms with E-state index in [1.54, 1.807) is 24.4 Å². The van der Waals surface area contributed by atoms with Crippen LogP contribution in [0.3, 0.4) is 0 Å². The van der Waals surface area contributed by atoms with E-state index >= 15 is 0 Å². The van der Waals surface area contributed by atoms with Crippen LogP contribution >= 0.6 is 0 Å². The van der Waals surface area contributed by atoms with Crippen molar-refractivity contribution in [2.45, 2.75) is 11.8 Å². The smallest absolute Gasteiger partial charge is 0.277 e. The molecule has 0 aromatic carbocycles. The molecule has 0 fully saturated rings. The summed E-state index contributed by atoms with van der Waals surface area (Å²) in [5.41, 5.74) is 0.565. The molecule has 0 amide bonds. The summed E-state index contributed by atoms with van der Waals surface area (Å²) in [6, 6.07) is 5.20. The molecular weight excluding hydrogens is 280 g/mol. The Labute approximate surface area is 115 Å². The van der Waals surface area contributed by atoms with Crippen LogP contribution in [0.25, 0.3) is 5.82 Å². The van der Waals surface area contributed by atoms with Crippen LogP contribution in [0, 0.1) is 0 Å². The Hall–Kier alpha value is -1.93. The SMILES string of the molecule is CS(=O)(=O)C1CNCc2[nH]n(-c3ccccn3)c(=O)c21. The molecule has 2 N–H and O–H groups in total. The van der Waals surface area contributed by atoms with Crippen molar-refractivity contribution in [2.75, 3.05) is 12.8 Å². The first kappa shape index (κ1) is 13.1. The van der Waals surface area contributed by atoms with Crippen LogP contribution in [0.2, 0.25) is 0 Å². The second-order valence-electron chi connectivity index (χ2n) is 4.78. The first-order valence-corrected chi connectivity index (χ1v) is 8.08. The minimum atomic E-state index is -3.35. The van der Waals surface area contributed by atoms with Gasteiger partial charge in [-0.1, -0.05) is 6.07 Å². The van der Waals surface area contributed by atoms with Gasteiger partial charge in [0, 0.05) is 25.5 Å². The number of pyridine rings is 1. The summed E-state index contributed by atoms with van der Waals surface area (Å²) in [6.45, 7) is 0.692. The summed E-state index contributed by atoms with van der Waals surface area (Å²) < 4.78 is 24.9. The van der Waals surface area contributed by atoms with E-state index in [0.29, 0.717) is 23.6 Å². The summed E-state index contributed by atoms with van der Waals surface area (Å²) in [7, 11) is -3.35. The Morgan fingerprint density at radius 3 is 2.85 bits per heavy atom. The minimum Gasteiger partial charge on any atom is -0.310 e. The fourth-order valence-electron chi connectivity index (χ4n) is 2.41. The van der Waals surface area contributed by atoms with Gasteiger partial charge in [0.2, 0.25) is 0 Å². The zero-order valence-electron chi connectivity index (χ0n) is 10.8. The van der Waals surface area contributed by atoms with Gasteiger partial charge in [-0.2, -0.15) is 0 Å². The molecule has 1 unspecified atom stereocenters. The van der Waals surface area contributed by atoms with Gasteiger partial charge in [0.25, 0.3) is 5.56 Å². The molecule has 0 bridgehead atoms. The Kier molecular flexibility index (Phi) is 2.98. The van der Waals surface area contributed by atoms with Gasteiger partial charge in [-0.3, -0.25) is 9.89 Å². The highest BCUT2D eigenvalue weighted by Gasteiger charge is 2.33. The number of hydrogen-bond donors (Lipinski definition) is 2. The summed E-state index contributed by atoms with van der Waals surface area (Å²) in [4.78, 5) is 16.6. The third-order valence-electron chi connectivity index (χ3n) is 3.35. The van der Waals surface area contributed by atoms with Crippen molar-refractivity contribution < 1.29 is 8.42 Å². The van der Waals surface area contributed by atoms with E-state index in [-0.39, 0.29) is 12.1 Å². The van der Waals surface area contributed by atoms with Crippen LogP contribution < -0.4 is 10.9 Å². The van der Waals surface area contributed by atoms with Gasteiger partial charge in [-0.05, 0) is 12.1 Å². The van der Waals surface area contributed by atoms with Crippen LogP contribution in [-0.2, 0) is 16.4 Å². The largest absolute Gasteiger partial charge is 0.310 e. The fraction of sp³-hybridized carbons (Fsp3) is 0.333. The zero-order valence-corrected chi connectivity index (χ0v) is 11.6. The molecule has 0 spiro atoms. The number of rotatable bonds is 2. The van der Waals surface area contributed by atoms with Crippen molar-refractivity contribution in [1.29, 1.82) is 0 Å². The summed E-state index contributed by atoms with van der Waals surface area (Å²) in [5, 5.41) is 5.12. The van der Waals surface area contributed by atoms with E-state index < -0.39 is 15.1 Å². The quantitative estimate of drug-likeness (QED) is 0.796. The Bertz CT molecular complexity index is 792. The third-order valence-corrected chi connectivity index (χ3v) is 4.79. The van der Waals surface area contributed by atoms with Gasteiger partial charge >= 0.3 is 0 Å². The van der Waals surface area contributed by atoms with Gasteiger partial charge in [-0.25, -0.2) is 18.1 Å². The van der Waals surface area contributed by atoms with E-state index in [4.69, 9.17) is 0 Å². The van der Waals surface area contributed by atoms with Crippen LogP contribution in [0.5, 0.6) is 0 Å². The van der Waals surface area contributed by atoms with Gasteiger partial charge in [0.05, 0.1) is 11.3 Å². The summed E-state index contributed by atoms with van der Waals surface area (Å²) >= 11 is 0. The number of H-pyrrole nitrogens is 1. The lowest BCUT2D eigenvalue weighted by Crippen LogP contribution is -2.35. The minimum absolute atomic E-state index is 0.251. The number of nitrogens with one attached hydrogen (secondary N) is 2. The normalized spacial score (nSPS) is 18.8. The number of hydrogen-bond acceptors (Lipinski definition) is 5. The molecule has 8 heteroatoms. The molecule has 0 radical (unpaired) electrons.